The highest BCUT2D eigenvalue weighted by molar-refractivity contribution is 6.26. The second kappa shape index (κ2) is 3.57. The number of carbonyl (C=O) groups is 2. The number of hydrogen-bond acceptors (Lipinski definition) is 3. The van der Waals surface area contributed by atoms with E-state index in [0.717, 1.165) is 15.7 Å². The van der Waals surface area contributed by atoms with E-state index in [1.54, 1.807) is 13.2 Å². The fraction of sp³-hybridized carbons (Fsp3) is 0.143. The second-order valence-corrected chi connectivity index (χ2v) is 4.21. The van der Waals surface area contributed by atoms with Crippen molar-refractivity contribution in [3.8, 4) is 5.75 Å². The summed E-state index contributed by atoms with van der Waals surface area (Å²) in [7, 11) is 3.08. The molecule has 18 heavy (non-hydrogen) atoms. The molecule has 0 unspecified atom stereocenters. The van der Waals surface area contributed by atoms with Gasteiger partial charge in [-0.1, -0.05) is 12.1 Å². The lowest BCUT2D eigenvalue weighted by Gasteiger charge is -2.07. The number of imide groups is 1. The van der Waals surface area contributed by atoms with Gasteiger partial charge in [-0.25, -0.2) is 0 Å². The van der Waals surface area contributed by atoms with Crippen molar-refractivity contribution in [2.45, 2.75) is 0 Å². The third-order valence-corrected chi connectivity index (χ3v) is 3.29. The predicted molar refractivity (Wildman–Crippen MR) is 66.9 cm³/mol. The van der Waals surface area contributed by atoms with Crippen LogP contribution in [-0.4, -0.2) is 30.9 Å². The number of carbonyl (C=O) groups excluding carboxylic acids is 2. The molecule has 3 rings (SSSR count). The third kappa shape index (κ3) is 1.20. The largest absolute Gasteiger partial charge is 0.496 e. The van der Waals surface area contributed by atoms with Crippen LogP contribution >= 0.6 is 0 Å². The summed E-state index contributed by atoms with van der Waals surface area (Å²) in [5.41, 5.74) is 0.933. The molecule has 0 aromatic heterocycles. The summed E-state index contributed by atoms with van der Waals surface area (Å²) >= 11 is 0. The van der Waals surface area contributed by atoms with Crippen molar-refractivity contribution in [1.29, 1.82) is 0 Å². The monoisotopic (exact) mass is 241 g/mol. The van der Waals surface area contributed by atoms with Gasteiger partial charge in [0.25, 0.3) is 11.8 Å². The summed E-state index contributed by atoms with van der Waals surface area (Å²) in [6.45, 7) is 0. The first-order valence-electron chi connectivity index (χ1n) is 5.57. The Morgan fingerprint density at radius 2 is 1.78 bits per heavy atom. The minimum atomic E-state index is -0.256. The van der Waals surface area contributed by atoms with E-state index in [-0.39, 0.29) is 11.8 Å². The first-order valence-corrected chi connectivity index (χ1v) is 5.57. The Hall–Kier alpha value is -2.36. The molecule has 0 N–H and O–H groups in total. The van der Waals surface area contributed by atoms with Crippen molar-refractivity contribution in [3.63, 3.8) is 0 Å². The first kappa shape index (κ1) is 10.8. The number of ether oxygens (including phenoxy) is 1. The molecule has 0 bridgehead atoms. The predicted octanol–water partition coefficient (Wildman–Crippen LogP) is 2.07. The summed E-state index contributed by atoms with van der Waals surface area (Å²) in [5, 5.41) is 1.60. The molecule has 0 fully saturated rings. The summed E-state index contributed by atoms with van der Waals surface area (Å²) in [6.07, 6.45) is 0. The van der Waals surface area contributed by atoms with Gasteiger partial charge in [0.05, 0.1) is 18.2 Å². The molecule has 2 aromatic rings. The van der Waals surface area contributed by atoms with Crippen LogP contribution in [0.5, 0.6) is 5.75 Å². The maximum atomic E-state index is 12.1. The number of methoxy groups -OCH3 is 1. The number of benzene rings is 2. The number of rotatable bonds is 1. The molecule has 0 saturated heterocycles. The van der Waals surface area contributed by atoms with Crippen molar-refractivity contribution in [1.82, 2.24) is 4.90 Å². The standard InChI is InChI=1S/C14H11NO3/c1-15-13(16)10-7-6-8-9(12(10)14(15)17)4-3-5-11(8)18-2/h3-7H,1-2H3. The highest BCUT2D eigenvalue weighted by Crippen LogP contribution is 2.33. The van der Waals surface area contributed by atoms with Gasteiger partial charge in [0, 0.05) is 12.4 Å². The van der Waals surface area contributed by atoms with Crippen LogP contribution in [0.2, 0.25) is 0 Å². The average Bonchev–Trinajstić information content (AvgIpc) is 2.63. The van der Waals surface area contributed by atoms with Crippen LogP contribution in [0.1, 0.15) is 20.7 Å². The van der Waals surface area contributed by atoms with Crippen LogP contribution in [-0.2, 0) is 0 Å². The number of amides is 2. The van der Waals surface area contributed by atoms with Gasteiger partial charge in [-0.2, -0.15) is 0 Å². The van der Waals surface area contributed by atoms with Crippen LogP contribution < -0.4 is 4.74 Å². The van der Waals surface area contributed by atoms with Crippen molar-refractivity contribution in [2.24, 2.45) is 0 Å². The molecule has 0 aliphatic carbocycles. The maximum Gasteiger partial charge on any atom is 0.261 e. The van der Waals surface area contributed by atoms with Crippen LogP contribution in [0.15, 0.2) is 30.3 Å². The first-order chi connectivity index (χ1) is 8.65. The van der Waals surface area contributed by atoms with Gasteiger partial charge >= 0.3 is 0 Å². The zero-order valence-electron chi connectivity index (χ0n) is 10.1. The van der Waals surface area contributed by atoms with Gasteiger partial charge in [-0.3, -0.25) is 14.5 Å². The van der Waals surface area contributed by atoms with E-state index < -0.39 is 0 Å². The lowest BCUT2D eigenvalue weighted by Crippen LogP contribution is -2.24. The second-order valence-electron chi connectivity index (χ2n) is 4.21. The van der Waals surface area contributed by atoms with Gasteiger partial charge in [0.15, 0.2) is 0 Å². The molecular weight excluding hydrogens is 230 g/mol. The number of hydrogen-bond donors (Lipinski definition) is 0. The molecule has 4 nitrogen and oxygen atoms in total. The van der Waals surface area contributed by atoms with Crippen LogP contribution in [0, 0.1) is 0 Å². The highest BCUT2D eigenvalue weighted by Gasteiger charge is 2.34. The Balaban J connectivity index is 2.42. The maximum absolute atomic E-state index is 12.1. The Kier molecular flexibility index (Phi) is 2.13. The van der Waals surface area contributed by atoms with E-state index >= 15 is 0 Å². The average molecular weight is 241 g/mol. The molecule has 1 aliphatic rings. The molecule has 0 radical (unpaired) electrons. The number of nitrogens with zero attached hydrogens (tertiary/aromatic N) is 1. The molecule has 2 amide bonds. The Bertz CT molecular complexity index is 691. The molecule has 4 heteroatoms. The van der Waals surface area contributed by atoms with Crippen molar-refractivity contribution >= 4 is 22.6 Å². The van der Waals surface area contributed by atoms with Gasteiger partial charge < -0.3 is 4.74 Å². The molecule has 0 spiro atoms. The molecular formula is C14H11NO3. The molecule has 2 aromatic carbocycles. The minimum Gasteiger partial charge on any atom is -0.496 e. The van der Waals surface area contributed by atoms with Crippen LogP contribution in [0.25, 0.3) is 10.8 Å². The van der Waals surface area contributed by atoms with Gasteiger partial charge in [-0.05, 0) is 23.6 Å². The van der Waals surface area contributed by atoms with Crippen molar-refractivity contribution in [2.75, 3.05) is 14.2 Å². The Morgan fingerprint density at radius 3 is 2.50 bits per heavy atom. The highest BCUT2D eigenvalue weighted by atomic mass is 16.5. The summed E-state index contributed by atoms with van der Waals surface area (Å²) in [4.78, 5) is 25.1. The van der Waals surface area contributed by atoms with Gasteiger partial charge in [0.2, 0.25) is 0 Å². The fourth-order valence-corrected chi connectivity index (χ4v) is 2.36. The zero-order chi connectivity index (χ0) is 12.9. The Morgan fingerprint density at radius 1 is 1.00 bits per heavy atom. The van der Waals surface area contributed by atoms with E-state index in [0.29, 0.717) is 16.9 Å². The van der Waals surface area contributed by atoms with E-state index in [2.05, 4.69) is 0 Å². The molecule has 1 aliphatic heterocycles. The SMILES string of the molecule is COc1cccc2c3c(ccc12)C(=O)N(C)C3=O. The van der Waals surface area contributed by atoms with Crippen LogP contribution in [0.3, 0.4) is 0 Å². The summed E-state index contributed by atoms with van der Waals surface area (Å²) in [5.74, 6) is 0.193. The van der Waals surface area contributed by atoms with Crippen molar-refractivity contribution in [3.05, 3.63) is 41.5 Å². The van der Waals surface area contributed by atoms with Gasteiger partial charge in [-0.15, -0.1) is 0 Å². The van der Waals surface area contributed by atoms with E-state index in [9.17, 15) is 9.59 Å². The fourth-order valence-electron chi connectivity index (χ4n) is 2.36. The molecule has 0 saturated carbocycles. The number of fused-ring (bicyclic) bond motifs is 3. The molecule has 1 heterocycles. The normalized spacial score (nSPS) is 14.2. The quantitative estimate of drug-likeness (QED) is 0.718. The molecule has 0 atom stereocenters. The lowest BCUT2D eigenvalue weighted by molar-refractivity contribution is 0.0693. The van der Waals surface area contributed by atoms with Crippen molar-refractivity contribution < 1.29 is 14.3 Å². The Labute approximate surface area is 104 Å². The smallest absolute Gasteiger partial charge is 0.261 e. The van der Waals surface area contributed by atoms with E-state index in [1.165, 1.54) is 7.05 Å². The lowest BCUT2D eigenvalue weighted by atomic mass is 10.00. The van der Waals surface area contributed by atoms with Crippen LogP contribution in [0.4, 0.5) is 0 Å². The topological polar surface area (TPSA) is 46.6 Å². The molecule has 90 valence electrons. The van der Waals surface area contributed by atoms with E-state index in [1.807, 2.05) is 24.3 Å². The summed E-state index contributed by atoms with van der Waals surface area (Å²) in [6, 6.07) is 8.99. The van der Waals surface area contributed by atoms with Gasteiger partial charge in [0.1, 0.15) is 5.75 Å². The van der Waals surface area contributed by atoms with E-state index in [4.69, 9.17) is 4.74 Å². The third-order valence-electron chi connectivity index (χ3n) is 3.29. The minimum absolute atomic E-state index is 0.250. The summed E-state index contributed by atoms with van der Waals surface area (Å²) < 4.78 is 5.27. The zero-order valence-corrected chi connectivity index (χ0v) is 10.1.